The van der Waals surface area contributed by atoms with Crippen molar-refractivity contribution in [2.24, 2.45) is 0 Å². The fraction of sp³-hybridized carbons (Fsp3) is 1.00. The molecule has 0 rings (SSSR count). The minimum Gasteiger partial charge on any atom is -0.346 e. The van der Waals surface area contributed by atoms with Crippen LogP contribution in [0.5, 0.6) is 0 Å². The number of hydrogen-bond acceptors (Lipinski definition) is 1. The van der Waals surface area contributed by atoms with Gasteiger partial charge in [0.05, 0.1) is 0 Å². The van der Waals surface area contributed by atoms with Crippen LogP contribution in [0.15, 0.2) is 0 Å². The predicted octanol–water partition coefficient (Wildman–Crippen LogP) is 6.32. The summed E-state index contributed by atoms with van der Waals surface area (Å²) >= 11 is 0. The maximum Gasteiger partial charge on any atom is 0.192 e. The molecule has 0 aliphatic rings. The molecule has 0 spiro atoms. The van der Waals surface area contributed by atoms with Gasteiger partial charge in [-0.2, -0.15) is 0 Å². The Morgan fingerprint density at radius 1 is 0.700 bits per heavy atom. The minimum absolute atomic E-state index is 0.0948. The van der Waals surface area contributed by atoms with Crippen LogP contribution in [0, 0.1) is 0 Å². The first kappa shape index (κ1) is 20.2. The standard InChI is InChI=1S/C17H37O2P/c1-3-5-7-9-11-13-15-17(20(18)19)16-14-12-10-8-6-4-2/h17,20H,3-16H2,1-2H3,(H,18,19). The summed E-state index contributed by atoms with van der Waals surface area (Å²) in [5.41, 5.74) is 0.0948. The summed E-state index contributed by atoms with van der Waals surface area (Å²) in [5.74, 6) is 0. The maximum atomic E-state index is 11.4. The predicted molar refractivity (Wildman–Crippen MR) is 91.0 cm³/mol. The lowest BCUT2D eigenvalue weighted by Gasteiger charge is -2.13. The molecule has 0 radical (unpaired) electrons. The zero-order chi connectivity index (χ0) is 15.1. The van der Waals surface area contributed by atoms with Gasteiger partial charge in [-0.25, -0.2) is 0 Å². The van der Waals surface area contributed by atoms with E-state index in [9.17, 15) is 9.46 Å². The molecule has 0 aromatic carbocycles. The largest absolute Gasteiger partial charge is 0.346 e. The van der Waals surface area contributed by atoms with Gasteiger partial charge in [0.15, 0.2) is 8.03 Å². The van der Waals surface area contributed by atoms with Gasteiger partial charge >= 0.3 is 0 Å². The molecule has 1 atom stereocenters. The molecule has 0 aromatic rings. The third-order valence-corrected chi connectivity index (χ3v) is 5.44. The van der Waals surface area contributed by atoms with Gasteiger partial charge in [-0.1, -0.05) is 90.9 Å². The van der Waals surface area contributed by atoms with Crippen LogP contribution in [0.4, 0.5) is 0 Å². The molecule has 3 heteroatoms. The SMILES string of the molecule is CCCCCCCCC(CCCCCCCC)[PH](=O)O. The summed E-state index contributed by atoms with van der Waals surface area (Å²) < 4.78 is 11.4. The van der Waals surface area contributed by atoms with E-state index < -0.39 is 8.03 Å². The van der Waals surface area contributed by atoms with E-state index in [2.05, 4.69) is 13.8 Å². The van der Waals surface area contributed by atoms with Gasteiger partial charge in [0.1, 0.15) is 0 Å². The summed E-state index contributed by atoms with van der Waals surface area (Å²) in [6, 6.07) is 0. The second-order valence-corrected chi connectivity index (χ2v) is 7.64. The van der Waals surface area contributed by atoms with E-state index in [0.717, 1.165) is 25.7 Å². The van der Waals surface area contributed by atoms with E-state index in [-0.39, 0.29) is 5.66 Å². The average molecular weight is 304 g/mol. The first-order valence-corrected chi connectivity index (χ1v) is 10.4. The highest BCUT2D eigenvalue weighted by molar-refractivity contribution is 7.38. The van der Waals surface area contributed by atoms with Crippen LogP contribution in [0.3, 0.4) is 0 Å². The summed E-state index contributed by atoms with van der Waals surface area (Å²) in [4.78, 5) is 9.44. The molecular formula is C17H37O2P. The van der Waals surface area contributed by atoms with Crippen LogP contribution in [0.1, 0.15) is 104 Å². The molecule has 0 saturated carbocycles. The Morgan fingerprint density at radius 2 is 1.05 bits per heavy atom. The minimum atomic E-state index is -2.32. The third kappa shape index (κ3) is 13.2. The molecular weight excluding hydrogens is 267 g/mol. The Kier molecular flexibility index (Phi) is 15.7. The van der Waals surface area contributed by atoms with E-state index in [4.69, 9.17) is 0 Å². The van der Waals surface area contributed by atoms with Gasteiger partial charge in [0.2, 0.25) is 0 Å². The van der Waals surface area contributed by atoms with Gasteiger partial charge in [0, 0.05) is 5.66 Å². The highest BCUT2D eigenvalue weighted by Gasteiger charge is 2.13. The molecule has 2 nitrogen and oxygen atoms in total. The molecule has 0 bridgehead atoms. The average Bonchev–Trinajstić information content (AvgIpc) is 2.43. The van der Waals surface area contributed by atoms with Gasteiger partial charge in [-0.05, 0) is 12.8 Å². The summed E-state index contributed by atoms with van der Waals surface area (Å²) in [5, 5.41) is 0. The lowest BCUT2D eigenvalue weighted by atomic mass is 10.0. The van der Waals surface area contributed by atoms with Gasteiger partial charge < -0.3 is 4.89 Å². The highest BCUT2D eigenvalue weighted by atomic mass is 31.1. The van der Waals surface area contributed by atoms with E-state index in [1.807, 2.05) is 0 Å². The van der Waals surface area contributed by atoms with E-state index in [0.29, 0.717) is 0 Å². The van der Waals surface area contributed by atoms with Crippen molar-refractivity contribution < 1.29 is 9.46 Å². The van der Waals surface area contributed by atoms with Crippen molar-refractivity contribution in [2.75, 3.05) is 0 Å². The zero-order valence-corrected chi connectivity index (χ0v) is 14.8. The van der Waals surface area contributed by atoms with Crippen LogP contribution in [-0.4, -0.2) is 10.6 Å². The quantitative estimate of drug-likeness (QED) is 0.284. The fourth-order valence-electron chi connectivity index (χ4n) is 2.73. The smallest absolute Gasteiger partial charge is 0.192 e. The molecule has 122 valence electrons. The molecule has 20 heavy (non-hydrogen) atoms. The lowest BCUT2D eigenvalue weighted by Crippen LogP contribution is -2.02. The van der Waals surface area contributed by atoms with E-state index in [1.54, 1.807) is 0 Å². The van der Waals surface area contributed by atoms with Crippen molar-refractivity contribution in [2.45, 2.75) is 109 Å². The van der Waals surface area contributed by atoms with Crippen LogP contribution >= 0.6 is 8.03 Å². The van der Waals surface area contributed by atoms with Gasteiger partial charge in [0.25, 0.3) is 0 Å². The van der Waals surface area contributed by atoms with Crippen molar-refractivity contribution >= 4 is 8.03 Å². The number of rotatable bonds is 15. The first-order valence-electron chi connectivity index (χ1n) is 8.95. The Labute approximate surface area is 127 Å². The van der Waals surface area contributed by atoms with Crippen molar-refractivity contribution in [1.29, 1.82) is 0 Å². The molecule has 0 aliphatic carbocycles. The Balaban J connectivity index is 3.53. The Bertz CT molecular complexity index is 203. The summed E-state index contributed by atoms with van der Waals surface area (Å²) in [6.45, 7) is 4.46. The van der Waals surface area contributed by atoms with E-state index >= 15 is 0 Å². The summed E-state index contributed by atoms with van der Waals surface area (Å²) in [6.07, 6.45) is 17.2. The highest BCUT2D eigenvalue weighted by Crippen LogP contribution is 2.31. The fourth-order valence-corrected chi connectivity index (χ4v) is 3.64. The second kappa shape index (κ2) is 15.6. The topological polar surface area (TPSA) is 37.3 Å². The number of hydrogen-bond donors (Lipinski definition) is 1. The monoisotopic (exact) mass is 304 g/mol. The zero-order valence-electron chi connectivity index (χ0n) is 13.8. The first-order chi connectivity index (χ1) is 9.72. The molecule has 0 amide bonds. The van der Waals surface area contributed by atoms with Gasteiger partial charge in [-0.15, -0.1) is 0 Å². The van der Waals surface area contributed by atoms with E-state index in [1.165, 1.54) is 64.2 Å². The Morgan fingerprint density at radius 3 is 1.40 bits per heavy atom. The molecule has 0 aromatic heterocycles. The maximum absolute atomic E-state index is 11.4. The molecule has 0 fully saturated rings. The van der Waals surface area contributed by atoms with Crippen molar-refractivity contribution in [3.63, 3.8) is 0 Å². The molecule has 0 heterocycles. The lowest BCUT2D eigenvalue weighted by molar-refractivity contribution is 0.461. The van der Waals surface area contributed by atoms with Crippen molar-refractivity contribution in [3.8, 4) is 0 Å². The molecule has 0 aliphatic heterocycles. The molecule has 0 saturated heterocycles. The second-order valence-electron chi connectivity index (χ2n) is 6.15. The normalized spacial score (nSPS) is 13.0. The summed E-state index contributed by atoms with van der Waals surface area (Å²) in [7, 11) is -2.32. The van der Waals surface area contributed by atoms with Crippen LogP contribution in [0.2, 0.25) is 0 Å². The van der Waals surface area contributed by atoms with Crippen molar-refractivity contribution in [1.82, 2.24) is 0 Å². The number of unbranched alkanes of at least 4 members (excludes halogenated alkanes) is 10. The third-order valence-electron chi connectivity index (χ3n) is 4.16. The van der Waals surface area contributed by atoms with Gasteiger partial charge in [-0.3, -0.25) is 4.57 Å². The van der Waals surface area contributed by atoms with Crippen LogP contribution in [-0.2, 0) is 4.57 Å². The Hall–Kier alpha value is 0.190. The molecule has 1 unspecified atom stereocenters. The van der Waals surface area contributed by atoms with Crippen molar-refractivity contribution in [3.05, 3.63) is 0 Å². The van der Waals surface area contributed by atoms with Crippen LogP contribution in [0.25, 0.3) is 0 Å². The molecule has 1 N–H and O–H groups in total. The van der Waals surface area contributed by atoms with Crippen LogP contribution < -0.4 is 0 Å².